The fourth-order valence-electron chi connectivity index (χ4n) is 4.51. The Morgan fingerprint density at radius 1 is 1.05 bits per heavy atom. The van der Waals surface area contributed by atoms with Crippen molar-refractivity contribution in [2.75, 3.05) is 37.6 Å². The summed E-state index contributed by atoms with van der Waals surface area (Å²) in [5.74, 6) is -2.34. The summed E-state index contributed by atoms with van der Waals surface area (Å²) >= 11 is 6.06. The third-order valence-corrected chi connectivity index (χ3v) is 6.93. The summed E-state index contributed by atoms with van der Waals surface area (Å²) in [6.07, 6.45) is 4.18. The first kappa shape index (κ1) is 27.0. The molecule has 10 nitrogen and oxygen atoms in total. The zero-order valence-electron chi connectivity index (χ0n) is 21.1. The van der Waals surface area contributed by atoms with E-state index in [9.17, 15) is 19.5 Å². The van der Waals surface area contributed by atoms with E-state index in [-0.39, 0.29) is 11.3 Å². The first-order valence-corrected chi connectivity index (χ1v) is 12.8. The van der Waals surface area contributed by atoms with Gasteiger partial charge in [0, 0.05) is 67.3 Å². The van der Waals surface area contributed by atoms with Gasteiger partial charge in [-0.2, -0.15) is 5.10 Å². The molecular weight excluding hydrogens is 539 g/mol. The number of aromatic nitrogens is 2. The van der Waals surface area contributed by atoms with Gasteiger partial charge in [0.15, 0.2) is 0 Å². The van der Waals surface area contributed by atoms with Crippen molar-refractivity contribution in [1.29, 1.82) is 0 Å². The molecule has 0 aliphatic carbocycles. The largest absolute Gasteiger partial charge is 0.477 e. The summed E-state index contributed by atoms with van der Waals surface area (Å²) in [6.45, 7) is 2.58. The first-order valence-electron chi connectivity index (χ1n) is 12.4. The summed E-state index contributed by atoms with van der Waals surface area (Å²) in [7, 11) is 0. The number of rotatable bonds is 7. The minimum atomic E-state index is -1.37. The van der Waals surface area contributed by atoms with Crippen LogP contribution in [0, 0.1) is 5.82 Å². The summed E-state index contributed by atoms with van der Waals surface area (Å²) in [4.78, 5) is 47.0. The van der Waals surface area contributed by atoms with Crippen molar-refractivity contribution >= 4 is 45.8 Å². The van der Waals surface area contributed by atoms with E-state index >= 15 is 4.39 Å². The molecule has 204 valence electrons. The summed E-state index contributed by atoms with van der Waals surface area (Å²) < 4.78 is 15.1. The molecule has 2 aromatic heterocycles. The lowest BCUT2D eigenvalue weighted by molar-refractivity contribution is 0.0695. The van der Waals surface area contributed by atoms with Crippen LogP contribution in [0.4, 0.5) is 10.1 Å². The van der Waals surface area contributed by atoms with Crippen LogP contribution >= 0.6 is 11.6 Å². The van der Waals surface area contributed by atoms with E-state index < -0.39 is 22.8 Å². The maximum absolute atomic E-state index is 15.1. The van der Waals surface area contributed by atoms with Gasteiger partial charge in [0.05, 0.1) is 16.9 Å². The maximum Gasteiger partial charge on any atom is 0.341 e. The highest BCUT2D eigenvalue weighted by Crippen LogP contribution is 2.25. The lowest BCUT2D eigenvalue weighted by Gasteiger charge is -2.36. The van der Waals surface area contributed by atoms with Crippen LogP contribution in [0.2, 0.25) is 5.02 Å². The molecule has 0 saturated carbocycles. The molecule has 4 aromatic rings. The Morgan fingerprint density at radius 3 is 2.42 bits per heavy atom. The Hall–Kier alpha value is -4.61. The number of hydrogen-bond donors (Lipinski definition) is 3. The van der Waals surface area contributed by atoms with E-state index in [1.54, 1.807) is 24.3 Å². The maximum atomic E-state index is 15.1. The zero-order valence-corrected chi connectivity index (χ0v) is 21.9. The highest BCUT2D eigenvalue weighted by molar-refractivity contribution is 6.30. The summed E-state index contributed by atoms with van der Waals surface area (Å²) in [5.41, 5.74) is 3.98. The Labute approximate surface area is 232 Å². The molecule has 12 heteroatoms. The monoisotopic (exact) mass is 562 g/mol. The molecule has 2 aromatic carbocycles. The third-order valence-electron chi connectivity index (χ3n) is 6.68. The number of pyridine rings is 2. The number of amides is 1. The predicted octanol–water partition coefficient (Wildman–Crippen LogP) is 3.37. The minimum absolute atomic E-state index is 0.0163. The van der Waals surface area contributed by atoms with Gasteiger partial charge in [-0.25, -0.2) is 14.6 Å². The zero-order chi connectivity index (χ0) is 28.2. The number of fused-ring (bicyclic) bond motifs is 1. The van der Waals surface area contributed by atoms with Gasteiger partial charge in [-0.05, 0) is 42.0 Å². The summed E-state index contributed by atoms with van der Waals surface area (Å²) in [5, 5.41) is 14.1. The van der Waals surface area contributed by atoms with Crippen LogP contribution in [-0.4, -0.2) is 70.3 Å². The Morgan fingerprint density at radius 2 is 1.75 bits per heavy atom. The third kappa shape index (κ3) is 5.85. The second kappa shape index (κ2) is 11.6. The average Bonchev–Trinajstić information content (AvgIpc) is 2.96. The number of benzene rings is 2. The number of nitrogens with one attached hydrogen (secondary N) is 2. The van der Waals surface area contributed by atoms with Crippen LogP contribution in [0.3, 0.4) is 0 Å². The number of aromatic amines is 1. The topological polar surface area (TPSA) is 131 Å². The number of halogens is 2. The molecular formula is C28H24ClFN6O4. The number of carboxylic acid groups (broad SMARTS) is 1. The number of H-pyrrole nitrogens is 1. The Kier molecular flexibility index (Phi) is 7.85. The van der Waals surface area contributed by atoms with Gasteiger partial charge < -0.3 is 15.0 Å². The molecule has 1 aliphatic rings. The number of nitrogens with zero attached hydrogens (tertiary/aromatic N) is 4. The number of carbonyl (C=O) groups is 2. The second-order valence-corrected chi connectivity index (χ2v) is 9.63. The number of piperazine rings is 1. The van der Waals surface area contributed by atoms with Gasteiger partial charge in [-0.1, -0.05) is 23.7 Å². The van der Waals surface area contributed by atoms with Crippen LogP contribution < -0.4 is 15.8 Å². The molecule has 3 N–H and O–H groups in total. The van der Waals surface area contributed by atoms with Crippen LogP contribution in [0.15, 0.2) is 77.0 Å². The van der Waals surface area contributed by atoms with Crippen molar-refractivity contribution in [3.63, 3.8) is 0 Å². The van der Waals surface area contributed by atoms with Gasteiger partial charge in [0.25, 0.3) is 5.91 Å². The van der Waals surface area contributed by atoms with Crippen LogP contribution in [-0.2, 0) is 0 Å². The van der Waals surface area contributed by atoms with E-state index in [1.807, 2.05) is 17.0 Å². The smallest absolute Gasteiger partial charge is 0.341 e. The number of hydrazone groups is 1. The molecule has 0 atom stereocenters. The highest BCUT2D eigenvalue weighted by Gasteiger charge is 2.23. The number of anilines is 1. The van der Waals surface area contributed by atoms with Crippen molar-refractivity contribution < 1.29 is 19.1 Å². The van der Waals surface area contributed by atoms with E-state index in [0.717, 1.165) is 17.8 Å². The fourth-order valence-corrected chi connectivity index (χ4v) is 4.64. The number of carboxylic acids is 1. The van der Waals surface area contributed by atoms with E-state index in [1.165, 1.54) is 18.5 Å². The normalized spacial score (nSPS) is 14.3. The van der Waals surface area contributed by atoms with Crippen LogP contribution in [0.1, 0.15) is 26.3 Å². The standard InChI is InChI=1S/C28H24ClFN6O4/c29-19-3-1-17(2-4-19)24(33-34-27(38)18-5-7-31-8-6-18)16-35-9-11-36(12-10-35)25-14-23-20(13-22(25)30)26(37)21(15-32-23)28(39)40/h1-8,13-15H,9-12,16H2,(H,32,37)(H,34,38)(H,39,40)/b33-24+. The first-order chi connectivity index (χ1) is 19.3. The van der Waals surface area contributed by atoms with Gasteiger partial charge in [0.1, 0.15) is 11.4 Å². The fraction of sp³-hybridized carbons (Fsp3) is 0.179. The van der Waals surface area contributed by atoms with Crippen LogP contribution in [0.25, 0.3) is 10.9 Å². The molecule has 3 heterocycles. The predicted molar refractivity (Wildman–Crippen MR) is 150 cm³/mol. The van der Waals surface area contributed by atoms with E-state index in [2.05, 4.69) is 25.4 Å². The SMILES string of the molecule is O=C(N/N=C(\CN1CCN(c2cc3[nH]cc(C(=O)O)c(=O)c3cc2F)CC1)c1ccc(Cl)cc1)c1ccncc1. The van der Waals surface area contributed by atoms with Gasteiger partial charge in [-0.15, -0.1) is 0 Å². The van der Waals surface area contributed by atoms with E-state index in [0.29, 0.717) is 60.2 Å². The molecule has 0 unspecified atom stereocenters. The molecule has 1 fully saturated rings. The van der Waals surface area contributed by atoms with Crippen molar-refractivity contribution in [3.8, 4) is 0 Å². The number of hydrogen-bond acceptors (Lipinski definition) is 7. The minimum Gasteiger partial charge on any atom is -0.477 e. The van der Waals surface area contributed by atoms with Crippen molar-refractivity contribution in [2.45, 2.75) is 0 Å². The lowest BCUT2D eigenvalue weighted by atomic mass is 10.1. The molecule has 0 bridgehead atoms. The molecule has 1 saturated heterocycles. The van der Waals surface area contributed by atoms with Crippen molar-refractivity contribution in [1.82, 2.24) is 20.3 Å². The Balaban J connectivity index is 1.31. The highest BCUT2D eigenvalue weighted by atomic mass is 35.5. The quantitative estimate of drug-likeness (QED) is 0.232. The molecule has 0 spiro atoms. The molecule has 5 rings (SSSR count). The summed E-state index contributed by atoms with van der Waals surface area (Å²) in [6, 6.07) is 13.0. The average molecular weight is 563 g/mol. The molecule has 0 radical (unpaired) electrons. The molecule has 40 heavy (non-hydrogen) atoms. The van der Waals surface area contributed by atoms with Gasteiger partial charge in [0.2, 0.25) is 5.43 Å². The van der Waals surface area contributed by atoms with Gasteiger partial charge in [-0.3, -0.25) is 19.5 Å². The number of aromatic carboxylic acids is 1. The second-order valence-electron chi connectivity index (χ2n) is 9.19. The van der Waals surface area contributed by atoms with Gasteiger partial charge >= 0.3 is 5.97 Å². The molecule has 1 aliphatic heterocycles. The van der Waals surface area contributed by atoms with Crippen molar-refractivity contribution in [3.05, 3.63) is 105 Å². The van der Waals surface area contributed by atoms with Crippen molar-refractivity contribution in [2.24, 2.45) is 5.10 Å². The van der Waals surface area contributed by atoms with E-state index in [4.69, 9.17) is 11.6 Å². The van der Waals surface area contributed by atoms with Crippen LogP contribution in [0.5, 0.6) is 0 Å². The number of carbonyl (C=O) groups excluding carboxylic acids is 1. The molecule has 1 amide bonds. The lowest BCUT2D eigenvalue weighted by Crippen LogP contribution is -2.48. The Bertz CT molecular complexity index is 1650.